The number of hydrogen-bond donors (Lipinski definition) is 1. The van der Waals surface area contributed by atoms with E-state index < -0.39 is 0 Å². The Hall–Kier alpha value is -2.02. The van der Waals surface area contributed by atoms with Gasteiger partial charge in [-0.2, -0.15) is 9.97 Å². The Bertz CT molecular complexity index is 589. The third-order valence-corrected chi connectivity index (χ3v) is 3.00. The number of rotatable bonds is 4. The van der Waals surface area contributed by atoms with Crippen LogP contribution in [-0.2, 0) is 0 Å². The van der Waals surface area contributed by atoms with Crippen molar-refractivity contribution in [3.05, 3.63) is 28.2 Å². The van der Waals surface area contributed by atoms with E-state index in [0.717, 1.165) is 10.0 Å². The minimum atomic E-state index is 0.110. The summed E-state index contributed by atoms with van der Waals surface area (Å²) in [5, 5.41) is 0. The lowest BCUT2D eigenvalue weighted by Crippen LogP contribution is -2.01. The molecular weight excluding hydrogens is 326 g/mol. The zero-order valence-corrected chi connectivity index (χ0v) is 12.9. The molecule has 0 unspecified atom stereocenters. The number of aryl methyl sites for hydroxylation is 1. The normalized spacial score (nSPS) is 10.2. The first-order valence-corrected chi connectivity index (χ1v) is 6.53. The summed E-state index contributed by atoms with van der Waals surface area (Å²) in [6.45, 7) is 1.88. The average Bonchev–Trinajstić information content (AvgIpc) is 2.42. The zero-order chi connectivity index (χ0) is 14.7. The monoisotopic (exact) mass is 339 g/mol. The smallest absolute Gasteiger partial charge is 0.328 e. The topological polar surface area (TPSA) is 79.5 Å². The van der Waals surface area contributed by atoms with Gasteiger partial charge in [0.2, 0.25) is 11.8 Å². The predicted octanol–water partition coefficient (Wildman–Crippen LogP) is 2.94. The number of nitrogen functional groups attached to an aromatic ring is 1. The summed E-state index contributed by atoms with van der Waals surface area (Å²) in [5.41, 5.74) is 7.29. The fourth-order valence-electron chi connectivity index (χ4n) is 1.63. The third-order valence-electron chi connectivity index (χ3n) is 2.54. The first-order chi connectivity index (χ1) is 9.53. The lowest BCUT2D eigenvalue weighted by atomic mass is 10.2. The van der Waals surface area contributed by atoms with E-state index in [4.69, 9.17) is 19.9 Å². The van der Waals surface area contributed by atoms with E-state index in [0.29, 0.717) is 23.2 Å². The fourth-order valence-corrected chi connectivity index (χ4v) is 2.22. The van der Waals surface area contributed by atoms with Gasteiger partial charge in [-0.05, 0) is 24.6 Å². The highest BCUT2D eigenvalue weighted by molar-refractivity contribution is 9.10. The lowest BCUT2D eigenvalue weighted by molar-refractivity contribution is 0.348. The molecule has 0 saturated heterocycles. The van der Waals surface area contributed by atoms with Gasteiger partial charge in [-0.3, -0.25) is 0 Å². The standard InChI is InChI=1S/C13H14BrN3O3/c1-7-4-8(14)5-9(15)12(7)20-13-16-10(18-2)6-11(17-13)19-3/h4-6H,15H2,1-3H3. The molecule has 1 aromatic heterocycles. The van der Waals surface area contributed by atoms with E-state index >= 15 is 0 Å². The molecule has 1 aromatic carbocycles. The third kappa shape index (κ3) is 3.11. The van der Waals surface area contributed by atoms with E-state index in [2.05, 4.69) is 25.9 Å². The van der Waals surface area contributed by atoms with Crippen LogP contribution in [0.5, 0.6) is 23.5 Å². The molecule has 0 amide bonds. The van der Waals surface area contributed by atoms with Crippen molar-refractivity contribution in [1.29, 1.82) is 0 Å². The van der Waals surface area contributed by atoms with Gasteiger partial charge in [-0.15, -0.1) is 0 Å². The molecule has 0 bridgehead atoms. The van der Waals surface area contributed by atoms with Gasteiger partial charge in [-0.25, -0.2) is 0 Å². The summed E-state index contributed by atoms with van der Waals surface area (Å²) in [6, 6.07) is 5.31. The predicted molar refractivity (Wildman–Crippen MR) is 78.5 cm³/mol. The van der Waals surface area contributed by atoms with Gasteiger partial charge >= 0.3 is 6.01 Å². The van der Waals surface area contributed by atoms with Crippen LogP contribution in [0.3, 0.4) is 0 Å². The first-order valence-electron chi connectivity index (χ1n) is 5.74. The maximum atomic E-state index is 5.94. The molecule has 0 aliphatic heterocycles. The SMILES string of the molecule is COc1cc(OC)nc(Oc2c(C)cc(Br)cc2N)n1. The van der Waals surface area contributed by atoms with Crippen molar-refractivity contribution in [2.75, 3.05) is 20.0 Å². The molecule has 7 heteroatoms. The number of hydrogen-bond acceptors (Lipinski definition) is 6. The Labute approximate surface area is 125 Å². The molecule has 0 fully saturated rings. The van der Waals surface area contributed by atoms with Crippen molar-refractivity contribution < 1.29 is 14.2 Å². The summed E-state index contributed by atoms with van der Waals surface area (Å²) >= 11 is 3.37. The molecule has 6 nitrogen and oxygen atoms in total. The number of nitrogens with two attached hydrogens (primary N) is 1. The molecule has 2 rings (SSSR count). The minimum Gasteiger partial charge on any atom is -0.481 e. The summed E-state index contributed by atoms with van der Waals surface area (Å²) < 4.78 is 16.7. The van der Waals surface area contributed by atoms with Crippen molar-refractivity contribution in [3.8, 4) is 23.5 Å². The molecule has 0 saturated carbocycles. The summed E-state index contributed by atoms with van der Waals surface area (Å²) in [4.78, 5) is 8.19. The van der Waals surface area contributed by atoms with E-state index in [-0.39, 0.29) is 6.01 Å². The van der Waals surface area contributed by atoms with Crippen LogP contribution in [0.2, 0.25) is 0 Å². The Morgan fingerprint density at radius 3 is 2.15 bits per heavy atom. The number of methoxy groups -OCH3 is 2. The molecule has 0 radical (unpaired) electrons. The Balaban J connectivity index is 2.39. The lowest BCUT2D eigenvalue weighted by Gasteiger charge is -2.11. The van der Waals surface area contributed by atoms with Crippen molar-refractivity contribution in [2.24, 2.45) is 0 Å². The zero-order valence-electron chi connectivity index (χ0n) is 11.3. The van der Waals surface area contributed by atoms with E-state index in [9.17, 15) is 0 Å². The Morgan fingerprint density at radius 2 is 1.65 bits per heavy atom. The average molecular weight is 340 g/mol. The van der Waals surface area contributed by atoms with Gasteiger partial charge < -0.3 is 19.9 Å². The van der Waals surface area contributed by atoms with Gasteiger partial charge in [0.05, 0.1) is 26.0 Å². The van der Waals surface area contributed by atoms with Crippen molar-refractivity contribution in [3.63, 3.8) is 0 Å². The first kappa shape index (κ1) is 14.4. The van der Waals surface area contributed by atoms with E-state index in [1.165, 1.54) is 14.2 Å². The molecule has 106 valence electrons. The van der Waals surface area contributed by atoms with Crippen LogP contribution < -0.4 is 19.9 Å². The van der Waals surface area contributed by atoms with Crippen LogP contribution in [0.25, 0.3) is 0 Å². The number of aromatic nitrogens is 2. The molecule has 0 aliphatic rings. The van der Waals surface area contributed by atoms with E-state index in [1.54, 1.807) is 12.1 Å². The van der Waals surface area contributed by atoms with E-state index in [1.807, 2.05) is 13.0 Å². The largest absolute Gasteiger partial charge is 0.481 e. The molecule has 0 aliphatic carbocycles. The van der Waals surface area contributed by atoms with Crippen molar-refractivity contribution >= 4 is 21.6 Å². The number of anilines is 1. The molecule has 2 N–H and O–H groups in total. The van der Waals surface area contributed by atoms with Crippen LogP contribution in [0, 0.1) is 6.92 Å². The van der Waals surface area contributed by atoms with Crippen LogP contribution >= 0.6 is 15.9 Å². The van der Waals surface area contributed by atoms with Crippen LogP contribution in [0.15, 0.2) is 22.7 Å². The number of benzene rings is 1. The van der Waals surface area contributed by atoms with Crippen LogP contribution in [0.4, 0.5) is 5.69 Å². The molecular formula is C13H14BrN3O3. The quantitative estimate of drug-likeness (QED) is 0.862. The summed E-state index contributed by atoms with van der Waals surface area (Å²) in [5.74, 6) is 1.20. The minimum absolute atomic E-state index is 0.110. The summed E-state index contributed by atoms with van der Waals surface area (Å²) in [7, 11) is 3.01. The van der Waals surface area contributed by atoms with Crippen LogP contribution in [0.1, 0.15) is 5.56 Å². The molecule has 1 heterocycles. The second-order valence-electron chi connectivity index (χ2n) is 3.98. The fraction of sp³-hybridized carbons (Fsp3) is 0.231. The maximum Gasteiger partial charge on any atom is 0.328 e. The molecule has 0 atom stereocenters. The number of nitrogens with zero attached hydrogens (tertiary/aromatic N) is 2. The number of halogens is 1. The van der Waals surface area contributed by atoms with Crippen LogP contribution in [-0.4, -0.2) is 24.2 Å². The maximum absolute atomic E-state index is 5.94. The Morgan fingerprint density at radius 1 is 1.05 bits per heavy atom. The highest BCUT2D eigenvalue weighted by atomic mass is 79.9. The van der Waals surface area contributed by atoms with Gasteiger partial charge in [0.15, 0.2) is 5.75 Å². The second kappa shape index (κ2) is 5.96. The molecule has 20 heavy (non-hydrogen) atoms. The molecule has 0 spiro atoms. The highest BCUT2D eigenvalue weighted by Gasteiger charge is 2.12. The summed E-state index contributed by atoms with van der Waals surface area (Å²) in [6.07, 6.45) is 0. The van der Waals surface area contributed by atoms with Gasteiger partial charge in [0.25, 0.3) is 0 Å². The molecule has 2 aromatic rings. The van der Waals surface area contributed by atoms with Gasteiger partial charge in [0, 0.05) is 4.47 Å². The van der Waals surface area contributed by atoms with Crippen molar-refractivity contribution in [1.82, 2.24) is 9.97 Å². The number of ether oxygens (including phenoxy) is 3. The van der Waals surface area contributed by atoms with Crippen molar-refractivity contribution in [2.45, 2.75) is 6.92 Å². The van der Waals surface area contributed by atoms with Gasteiger partial charge in [-0.1, -0.05) is 15.9 Å². The highest BCUT2D eigenvalue weighted by Crippen LogP contribution is 2.33. The second-order valence-corrected chi connectivity index (χ2v) is 4.89. The van der Waals surface area contributed by atoms with Gasteiger partial charge in [0.1, 0.15) is 0 Å². The Kier molecular flexibility index (Phi) is 4.29.